The first-order valence-electron chi connectivity index (χ1n) is 8.80. The molecule has 6 nitrogen and oxygen atoms in total. The molecule has 0 spiro atoms. The van der Waals surface area contributed by atoms with E-state index in [9.17, 15) is 4.79 Å². The highest BCUT2D eigenvalue weighted by molar-refractivity contribution is 6.03. The van der Waals surface area contributed by atoms with Gasteiger partial charge in [-0.15, -0.1) is 6.42 Å². The van der Waals surface area contributed by atoms with E-state index in [1.54, 1.807) is 24.4 Å². The van der Waals surface area contributed by atoms with Gasteiger partial charge in [-0.1, -0.05) is 36.3 Å². The van der Waals surface area contributed by atoms with Crippen molar-refractivity contribution in [3.05, 3.63) is 65.7 Å². The maximum atomic E-state index is 12.5. The fraction of sp³-hybridized carbons (Fsp3) is 0.130. The second-order valence-electron chi connectivity index (χ2n) is 5.99. The summed E-state index contributed by atoms with van der Waals surface area (Å²) in [5.41, 5.74) is 3.61. The number of amides is 1. The van der Waals surface area contributed by atoms with Crippen molar-refractivity contribution in [3.8, 4) is 29.6 Å². The molecule has 1 N–H and O–H groups in total. The zero-order chi connectivity index (χ0) is 20.6. The van der Waals surface area contributed by atoms with Crippen LogP contribution in [-0.2, 0) is 0 Å². The van der Waals surface area contributed by atoms with Crippen molar-refractivity contribution in [1.82, 2.24) is 5.43 Å². The molecule has 0 heterocycles. The molecule has 29 heavy (non-hydrogen) atoms. The van der Waals surface area contributed by atoms with Gasteiger partial charge in [-0.2, -0.15) is 5.10 Å². The van der Waals surface area contributed by atoms with Gasteiger partial charge in [0.25, 0.3) is 5.91 Å². The largest absolute Gasteiger partial charge is 0.497 e. The third-order valence-corrected chi connectivity index (χ3v) is 4.22. The summed E-state index contributed by atoms with van der Waals surface area (Å²) < 4.78 is 16.0. The number of hydrogen-bond donors (Lipinski definition) is 1. The van der Waals surface area contributed by atoms with Gasteiger partial charge in [-0.25, -0.2) is 5.43 Å². The van der Waals surface area contributed by atoms with Crippen LogP contribution in [0.3, 0.4) is 0 Å². The molecule has 3 rings (SSSR count). The van der Waals surface area contributed by atoms with Crippen molar-refractivity contribution in [1.29, 1.82) is 0 Å². The summed E-state index contributed by atoms with van der Waals surface area (Å²) in [6.45, 7) is 0.134. The molecule has 0 bridgehead atoms. The molecule has 6 heteroatoms. The highest BCUT2D eigenvalue weighted by Gasteiger charge is 2.10. The van der Waals surface area contributed by atoms with E-state index in [0.29, 0.717) is 22.8 Å². The van der Waals surface area contributed by atoms with Crippen molar-refractivity contribution < 1.29 is 19.0 Å². The van der Waals surface area contributed by atoms with E-state index < -0.39 is 5.91 Å². The summed E-state index contributed by atoms with van der Waals surface area (Å²) in [6.07, 6.45) is 6.85. The number of terminal acetylenes is 1. The first-order valence-corrected chi connectivity index (χ1v) is 8.80. The van der Waals surface area contributed by atoms with Gasteiger partial charge >= 0.3 is 0 Å². The quantitative estimate of drug-likeness (QED) is 0.381. The average Bonchev–Trinajstić information content (AvgIpc) is 2.77. The van der Waals surface area contributed by atoms with E-state index in [0.717, 1.165) is 16.3 Å². The fourth-order valence-corrected chi connectivity index (χ4v) is 2.81. The molecule has 3 aromatic rings. The van der Waals surface area contributed by atoms with Crippen molar-refractivity contribution in [3.63, 3.8) is 0 Å². The topological polar surface area (TPSA) is 69.2 Å². The summed E-state index contributed by atoms with van der Waals surface area (Å²) in [6, 6.07) is 16.5. The second-order valence-corrected chi connectivity index (χ2v) is 5.99. The third kappa shape index (κ3) is 4.66. The molecule has 0 aliphatic rings. The maximum absolute atomic E-state index is 12.5. The van der Waals surface area contributed by atoms with E-state index in [1.807, 2.05) is 36.4 Å². The van der Waals surface area contributed by atoms with E-state index in [-0.39, 0.29) is 6.61 Å². The lowest BCUT2D eigenvalue weighted by molar-refractivity contribution is 0.0954. The average molecular weight is 388 g/mol. The molecule has 0 saturated heterocycles. The highest BCUT2D eigenvalue weighted by Crippen LogP contribution is 2.27. The second kappa shape index (κ2) is 9.29. The summed E-state index contributed by atoms with van der Waals surface area (Å²) >= 11 is 0. The lowest BCUT2D eigenvalue weighted by atomic mass is 10.0. The first-order chi connectivity index (χ1) is 14.2. The molecule has 0 aliphatic heterocycles. The summed E-state index contributed by atoms with van der Waals surface area (Å²) in [4.78, 5) is 12.5. The Balaban J connectivity index is 1.87. The van der Waals surface area contributed by atoms with Crippen LogP contribution in [0.5, 0.6) is 17.2 Å². The Bertz CT molecular complexity index is 1080. The van der Waals surface area contributed by atoms with Crippen LogP contribution >= 0.6 is 0 Å². The summed E-state index contributed by atoms with van der Waals surface area (Å²) in [5.74, 6) is 3.66. The highest BCUT2D eigenvalue weighted by atomic mass is 16.5. The van der Waals surface area contributed by atoms with Crippen molar-refractivity contribution in [2.45, 2.75) is 0 Å². The minimum Gasteiger partial charge on any atom is -0.497 e. The molecule has 1 amide bonds. The zero-order valence-electron chi connectivity index (χ0n) is 16.1. The number of carbonyl (C=O) groups excluding carboxylic acids is 1. The Hall–Kier alpha value is -3.98. The van der Waals surface area contributed by atoms with Gasteiger partial charge in [-0.3, -0.25) is 4.79 Å². The SMILES string of the molecule is C#CCOc1ccc2ccccc2c1/C=N\NC(=O)c1cc(OC)cc(OC)c1. The minimum absolute atomic E-state index is 0.134. The van der Waals surface area contributed by atoms with Crippen LogP contribution in [0, 0.1) is 12.3 Å². The van der Waals surface area contributed by atoms with Gasteiger partial charge in [0, 0.05) is 17.2 Å². The van der Waals surface area contributed by atoms with Gasteiger partial charge in [0.15, 0.2) is 0 Å². The van der Waals surface area contributed by atoms with Crippen LogP contribution < -0.4 is 19.6 Å². The standard InChI is InChI=1S/C23H20N2O4/c1-4-11-29-22-10-9-16-7-5-6-8-20(16)21(22)15-24-25-23(26)17-12-18(27-2)14-19(13-17)28-3/h1,5-10,12-15H,11H2,2-3H3,(H,25,26)/b24-15-. The summed E-state index contributed by atoms with van der Waals surface area (Å²) in [7, 11) is 3.04. The number of hydrogen-bond acceptors (Lipinski definition) is 5. The fourth-order valence-electron chi connectivity index (χ4n) is 2.81. The normalized spacial score (nSPS) is 10.5. The van der Waals surface area contributed by atoms with Gasteiger partial charge in [0.1, 0.15) is 23.9 Å². The van der Waals surface area contributed by atoms with Crippen LogP contribution in [0.25, 0.3) is 10.8 Å². The number of hydrazone groups is 1. The van der Waals surface area contributed by atoms with E-state index in [2.05, 4.69) is 16.4 Å². The summed E-state index contributed by atoms with van der Waals surface area (Å²) in [5, 5.41) is 6.06. The predicted octanol–water partition coefficient (Wildman–Crippen LogP) is 3.63. The Labute approximate surface area is 169 Å². The Morgan fingerprint density at radius 3 is 2.52 bits per heavy atom. The number of nitrogens with one attached hydrogen (secondary N) is 1. The molecule has 0 aliphatic carbocycles. The van der Waals surface area contributed by atoms with Crippen LogP contribution in [0.4, 0.5) is 0 Å². The van der Waals surface area contributed by atoms with Gasteiger partial charge in [-0.05, 0) is 29.0 Å². The number of benzene rings is 3. The Morgan fingerprint density at radius 2 is 1.83 bits per heavy atom. The number of carbonyl (C=O) groups is 1. The van der Waals surface area contributed by atoms with Crippen LogP contribution in [-0.4, -0.2) is 32.9 Å². The zero-order valence-corrected chi connectivity index (χ0v) is 16.1. The molecule has 0 radical (unpaired) electrons. The molecule has 0 saturated carbocycles. The smallest absolute Gasteiger partial charge is 0.271 e. The van der Waals surface area contributed by atoms with Crippen LogP contribution in [0.2, 0.25) is 0 Å². The molecule has 146 valence electrons. The lowest BCUT2D eigenvalue weighted by Crippen LogP contribution is -2.18. The van der Waals surface area contributed by atoms with Crippen LogP contribution in [0.15, 0.2) is 59.7 Å². The predicted molar refractivity (Wildman–Crippen MR) is 113 cm³/mol. The Kier molecular flexibility index (Phi) is 6.33. The third-order valence-electron chi connectivity index (χ3n) is 4.22. The van der Waals surface area contributed by atoms with E-state index in [1.165, 1.54) is 14.2 Å². The van der Waals surface area contributed by atoms with Crippen LogP contribution in [0.1, 0.15) is 15.9 Å². The lowest BCUT2D eigenvalue weighted by Gasteiger charge is -2.10. The van der Waals surface area contributed by atoms with E-state index in [4.69, 9.17) is 20.6 Å². The maximum Gasteiger partial charge on any atom is 0.271 e. The van der Waals surface area contributed by atoms with Crippen molar-refractivity contribution in [2.24, 2.45) is 5.10 Å². The molecular formula is C23H20N2O4. The molecule has 0 atom stereocenters. The number of methoxy groups -OCH3 is 2. The monoisotopic (exact) mass is 388 g/mol. The number of ether oxygens (including phenoxy) is 3. The number of rotatable bonds is 7. The molecular weight excluding hydrogens is 368 g/mol. The Morgan fingerprint density at radius 1 is 1.10 bits per heavy atom. The van der Waals surface area contributed by atoms with Crippen molar-refractivity contribution in [2.75, 3.05) is 20.8 Å². The minimum atomic E-state index is -0.398. The van der Waals surface area contributed by atoms with Crippen molar-refractivity contribution >= 4 is 22.9 Å². The number of nitrogens with zero attached hydrogens (tertiary/aromatic N) is 1. The molecule has 0 fully saturated rings. The van der Waals surface area contributed by atoms with E-state index >= 15 is 0 Å². The molecule has 0 unspecified atom stereocenters. The molecule has 3 aromatic carbocycles. The van der Waals surface area contributed by atoms with Gasteiger partial charge in [0.05, 0.1) is 20.4 Å². The van der Waals surface area contributed by atoms with Gasteiger partial charge < -0.3 is 14.2 Å². The number of fused-ring (bicyclic) bond motifs is 1. The molecule has 0 aromatic heterocycles. The first kappa shape index (κ1) is 19.8. The van der Waals surface area contributed by atoms with Gasteiger partial charge in [0.2, 0.25) is 0 Å².